The first-order chi connectivity index (χ1) is 13.7. The minimum atomic E-state index is 0. The molecule has 2 nitrogen and oxygen atoms in total. The van der Waals surface area contributed by atoms with Crippen molar-refractivity contribution in [2.45, 2.75) is 27.3 Å². The summed E-state index contributed by atoms with van der Waals surface area (Å²) in [7, 11) is 0. The number of halogens is 1. The van der Waals surface area contributed by atoms with Gasteiger partial charge in [-0.25, -0.2) is 0 Å². The Morgan fingerprint density at radius 3 is 2.28 bits per heavy atom. The molecule has 4 aromatic rings. The van der Waals surface area contributed by atoms with E-state index in [4.69, 9.17) is 0 Å². The molecule has 0 atom stereocenters. The van der Waals surface area contributed by atoms with Gasteiger partial charge in [0.2, 0.25) is 5.52 Å². The molecule has 0 N–H and O–H groups in total. The van der Waals surface area contributed by atoms with Crippen molar-refractivity contribution in [2.24, 2.45) is 0 Å². The van der Waals surface area contributed by atoms with Crippen molar-refractivity contribution in [1.29, 1.82) is 0 Å². The van der Waals surface area contributed by atoms with Crippen LogP contribution < -0.4 is 21.9 Å². The van der Waals surface area contributed by atoms with Gasteiger partial charge >= 0.3 is 0 Å². The third-order valence-electron chi connectivity index (χ3n) is 5.28. The van der Waals surface area contributed by atoms with Crippen LogP contribution in [-0.4, -0.2) is 13.1 Å². The van der Waals surface area contributed by atoms with Crippen LogP contribution in [-0.2, 0) is 6.54 Å². The van der Waals surface area contributed by atoms with Crippen molar-refractivity contribution in [3.05, 3.63) is 83.9 Å². The SMILES string of the molecule is CCN(CC)c1ccccc1-c1sc2cc(C)ccc2[n+]1Cc1ccccc1.[Cl-]. The summed E-state index contributed by atoms with van der Waals surface area (Å²) in [5.74, 6) is 0. The van der Waals surface area contributed by atoms with E-state index in [1.165, 1.54) is 37.6 Å². The van der Waals surface area contributed by atoms with Gasteiger partial charge in [-0.2, -0.15) is 4.57 Å². The number of nitrogens with zero attached hydrogens (tertiary/aromatic N) is 2. The zero-order chi connectivity index (χ0) is 19.5. The molecule has 4 heteroatoms. The number of anilines is 1. The Kier molecular flexibility index (Phi) is 6.94. The number of hydrogen-bond donors (Lipinski definition) is 0. The van der Waals surface area contributed by atoms with Gasteiger partial charge in [-0.05, 0) is 44.5 Å². The molecule has 1 heterocycles. The highest BCUT2D eigenvalue weighted by Gasteiger charge is 2.25. The lowest BCUT2D eigenvalue weighted by Gasteiger charge is -2.22. The van der Waals surface area contributed by atoms with Crippen LogP contribution in [0.25, 0.3) is 20.8 Å². The summed E-state index contributed by atoms with van der Waals surface area (Å²) in [5.41, 5.74) is 6.58. The van der Waals surface area contributed by atoms with Gasteiger partial charge in [0.05, 0.1) is 11.3 Å². The molecule has 29 heavy (non-hydrogen) atoms. The fourth-order valence-electron chi connectivity index (χ4n) is 3.81. The largest absolute Gasteiger partial charge is 1.00 e. The Balaban J connectivity index is 0.00000240. The maximum absolute atomic E-state index is 2.48. The highest BCUT2D eigenvalue weighted by Crippen LogP contribution is 2.35. The zero-order valence-electron chi connectivity index (χ0n) is 17.2. The maximum Gasteiger partial charge on any atom is 0.272 e. The van der Waals surface area contributed by atoms with E-state index >= 15 is 0 Å². The number of para-hydroxylation sites is 1. The van der Waals surface area contributed by atoms with Gasteiger partial charge < -0.3 is 17.3 Å². The zero-order valence-corrected chi connectivity index (χ0v) is 18.8. The van der Waals surface area contributed by atoms with E-state index in [9.17, 15) is 0 Å². The lowest BCUT2D eigenvalue weighted by Crippen LogP contribution is -3.00. The molecule has 150 valence electrons. The minimum absolute atomic E-state index is 0. The average Bonchev–Trinajstić information content (AvgIpc) is 3.07. The van der Waals surface area contributed by atoms with Gasteiger partial charge in [0.25, 0.3) is 5.01 Å². The maximum atomic E-state index is 2.48. The van der Waals surface area contributed by atoms with Gasteiger partial charge in [0, 0.05) is 24.7 Å². The first-order valence-corrected chi connectivity index (χ1v) is 10.8. The normalized spacial score (nSPS) is 10.7. The number of aryl methyl sites for hydroxylation is 1. The molecule has 0 saturated heterocycles. The van der Waals surface area contributed by atoms with Gasteiger partial charge in [-0.3, -0.25) is 0 Å². The van der Waals surface area contributed by atoms with E-state index in [2.05, 4.69) is 103 Å². The Hall–Kier alpha value is -2.36. The van der Waals surface area contributed by atoms with Crippen molar-refractivity contribution in [1.82, 2.24) is 0 Å². The first-order valence-electron chi connectivity index (χ1n) is 10.0. The molecule has 0 spiro atoms. The molecule has 0 aliphatic rings. The topological polar surface area (TPSA) is 7.12 Å². The molecule has 0 aliphatic carbocycles. The first kappa shape index (κ1) is 21.4. The quantitative estimate of drug-likeness (QED) is 0.433. The summed E-state index contributed by atoms with van der Waals surface area (Å²) in [4.78, 5) is 2.44. The summed E-state index contributed by atoms with van der Waals surface area (Å²) < 4.78 is 3.83. The van der Waals surface area contributed by atoms with Gasteiger partial charge in [0.1, 0.15) is 4.70 Å². The highest BCUT2D eigenvalue weighted by molar-refractivity contribution is 7.21. The number of fused-ring (bicyclic) bond motifs is 1. The van der Waals surface area contributed by atoms with Gasteiger partial charge in [-0.1, -0.05) is 59.9 Å². The highest BCUT2D eigenvalue weighted by atomic mass is 35.5. The third kappa shape index (κ3) is 4.31. The molecule has 0 radical (unpaired) electrons. The molecular formula is C25H27ClN2S. The Labute approximate surface area is 183 Å². The number of hydrogen-bond acceptors (Lipinski definition) is 2. The fourth-order valence-corrected chi connectivity index (χ4v) is 5.10. The third-order valence-corrected chi connectivity index (χ3v) is 6.46. The van der Waals surface area contributed by atoms with Crippen LogP contribution in [0.4, 0.5) is 5.69 Å². The lowest BCUT2D eigenvalue weighted by molar-refractivity contribution is -0.647. The predicted octanol–water partition coefficient (Wildman–Crippen LogP) is 3.06. The summed E-state index contributed by atoms with van der Waals surface area (Å²) in [6.45, 7) is 9.53. The standard InChI is InChI=1S/C25H27N2S.ClH/c1-4-26(5-2)22-14-10-9-13-21(22)25-27(18-20-11-7-6-8-12-20)23-16-15-19(3)17-24(23)28-25;/h6-17H,4-5,18H2,1-3H3;1H/q+1;/p-1. The second kappa shape index (κ2) is 9.43. The second-order valence-corrected chi connectivity index (χ2v) is 8.17. The fraction of sp³-hybridized carbons (Fsp3) is 0.240. The Morgan fingerprint density at radius 1 is 0.862 bits per heavy atom. The molecule has 1 aromatic heterocycles. The van der Waals surface area contributed by atoms with Crippen molar-refractivity contribution < 1.29 is 17.0 Å². The van der Waals surface area contributed by atoms with Crippen LogP contribution in [0.1, 0.15) is 25.0 Å². The van der Waals surface area contributed by atoms with E-state index in [1.807, 2.05) is 11.3 Å². The molecule has 4 rings (SSSR count). The van der Waals surface area contributed by atoms with E-state index in [-0.39, 0.29) is 12.4 Å². The monoisotopic (exact) mass is 422 g/mol. The lowest BCUT2D eigenvalue weighted by atomic mass is 10.1. The van der Waals surface area contributed by atoms with E-state index in [1.54, 1.807) is 0 Å². The number of rotatable bonds is 6. The summed E-state index contributed by atoms with van der Waals surface area (Å²) in [6, 6.07) is 26.4. The Bertz CT molecular complexity index is 1080. The molecular weight excluding hydrogens is 396 g/mol. The Morgan fingerprint density at radius 2 is 1.55 bits per heavy atom. The number of aromatic nitrogens is 1. The minimum Gasteiger partial charge on any atom is -1.00 e. The summed E-state index contributed by atoms with van der Waals surface area (Å²) in [6.07, 6.45) is 0. The molecule has 3 aromatic carbocycles. The second-order valence-electron chi connectivity index (χ2n) is 7.14. The van der Waals surface area contributed by atoms with Crippen LogP contribution in [0, 0.1) is 6.92 Å². The molecule has 0 aliphatic heterocycles. The van der Waals surface area contributed by atoms with Crippen molar-refractivity contribution in [3.8, 4) is 10.6 Å². The molecule has 0 bridgehead atoms. The summed E-state index contributed by atoms with van der Waals surface area (Å²) in [5, 5.41) is 1.33. The van der Waals surface area contributed by atoms with E-state index in [0.29, 0.717) is 0 Å². The number of thiazole rings is 1. The summed E-state index contributed by atoms with van der Waals surface area (Å²) >= 11 is 1.90. The number of benzene rings is 3. The predicted molar refractivity (Wildman–Crippen MR) is 121 cm³/mol. The smallest absolute Gasteiger partial charge is 0.272 e. The van der Waals surface area contributed by atoms with E-state index < -0.39 is 0 Å². The van der Waals surface area contributed by atoms with Crippen LogP contribution >= 0.6 is 11.3 Å². The van der Waals surface area contributed by atoms with Crippen molar-refractivity contribution in [2.75, 3.05) is 18.0 Å². The van der Waals surface area contributed by atoms with Crippen LogP contribution in [0.5, 0.6) is 0 Å². The van der Waals surface area contributed by atoms with E-state index in [0.717, 1.165) is 19.6 Å². The van der Waals surface area contributed by atoms with Crippen LogP contribution in [0.3, 0.4) is 0 Å². The van der Waals surface area contributed by atoms with Crippen molar-refractivity contribution >= 4 is 27.2 Å². The van der Waals surface area contributed by atoms with Crippen molar-refractivity contribution in [3.63, 3.8) is 0 Å². The van der Waals surface area contributed by atoms with Gasteiger partial charge in [0.15, 0.2) is 6.54 Å². The van der Waals surface area contributed by atoms with Gasteiger partial charge in [-0.15, -0.1) is 0 Å². The molecule has 0 saturated carbocycles. The molecule has 0 unspecified atom stereocenters. The average molecular weight is 423 g/mol. The van der Waals surface area contributed by atoms with Crippen LogP contribution in [0.15, 0.2) is 72.8 Å². The molecule has 0 amide bonds. The molecule has 0 fully saturated rings. The van der Waals surface area contributed by atoms with Crippen LogP contribution in [0.2, 0.25) is 0 Å².